The highest BCUT2D eigenvalue weighted by molar-refractivity contribution is 6.21. The largest absolute Gasteiger partial charge is 0.278 e. The summed E-state index contributed by atoms with van der Waals surface area (Å²) < 4.78 is 2.25. The van der Waals surface area contributed by atoms with E-state index in [-0.39, 0.29) is 5.41 Å². The number of rotatable bonds is 3. The minimum Gasteiger partial charge on any atom is -0.278 e. The quantitative estimate of drug-likeness (QED) is 0.218. The summed E-state index contributed by atoms with van der Waals surface area (Å²) in [6.07, 6.45) is 0. The average Bonchev–Trinajstić information content (AvgIpc) is 3.38. The molecule has 0 amide bonds. The van der Waals surface area contributed by atoms with Gasteiger partial charge in [-0.3, -0.25) is 4.57 Å². The number of benzene rings is 6. The standard InChI is InChI=1S/C40H31N3/c1-40(2,3)30-21-17-28(18-22-30)38-32-15-9-10-16-34(32)41-39(42-38)43-35-24-20-27-13-7-8-14-31(27)37(35)33-23-19-29(25-36(33)43)26-11-5-4-6-12-26/h4-25H,1-3H3. The summed E-state index contributed by atoms with van der Waals surface area (Å²) in [7, 11) is 0. The molecule has 0 saturated heterocycles. The molecule has 0 atom stereocenters. The fourth-order valence-corrected chi connectivity index (χ4v) is 6.33. The van der Waals surface area contributed by atoms with Crippen LogP contribution >= 0.6 is 0 Å². The van der Waals surface area contributed by atoms with Gasteiger partial charge in [0, 0.05) is 21.7 Å². The Morgan fingerprint density at radius 1 is 0.512 bits per heavy atom. The van der Waals surface area contributed by atoms with Crippen molar-refractivity contribution in [1.29, 1.82) is 0 Å². The molecule has 0 N–H and O–H groups in total. The van der Waals surface area contributed by atoms with Crippen LogP contribution in [-0.2, 0) is 5.41 Å². The molecule has 3 nitrogen and oxygen atoms in total. The third kappa shape index (κ3) is 4.20. The van der Waals surface area contributed by atoms with Crippen LogP contribution < -0.4 is 0 Å². The maximum absolute atomic E-state index is 5.34. The van der Waals surface area contributed by atoms with Gasteiger partial charge in [-0.25, -0.2) is 9.97 Å². The molecule has 0 aliphatic rings. The Labute approximate surface area is 251 Å². The average molecular weight is 554 g/mol. The molecular formula is C40H31N3. The SMILES string of the molecule is CC(C)(C)c1ccc(-c2nc(-n3c4cc(-c5ccccc5)ccc4c4c5ccccc5ccc43)nc3ccccc23)cc1. The summed E-state index contributed by atoms with van der Waals surface area (Å²) in [4.78, 5) is 10.5. The number of fused-ring (bicyclic) bond motifs is 6. The van der Waals surface area contributed by atoms with E-state index in [1.54, 1.807) is 0 Å². The number of aromatic nitrogens is 3. The van der Waals surface area contributed by atoms with Gasteiger partial charge in [0.05, 0.1) is 22.2 Å². The van der Waals surface area contributed by atoms with Gasteiger partial charge < -0.3 is 0 Å². The van der Waals surface area contributed by atoms with Crippen molar-refractivity contribution in [1.82, 2.24) is 14.5 Å². The topological polar surface area (TPSA) is 30.7 Å². The van der Waals surface area contributed by atoms with Crippen molar-refractivity contribution < 1.29 is 0 Å². The van der Waals surface area contributed by atoms with Crippen LogP contribution in [0.25, 0.3) is 71.8 Å². The zero-order valence-electron chi connectivity index (χ0n) is 24.5. The summed E-state index contributed by atoms with van der Waals surface area (Å²) in [6.45, 7) is 6.74. The van der Waals surface area contributed by atoms with Crippen LogP contribution in [0.4, 0.5) is 0 Å². The summed E-state index contributed by atoms with van der Waals surface area (Å²) in [5, 5.41) is 5.92. The molecule has 0 radical (unpaired) electrons. The van der Waals surface area contributed by atoms with Crippen molar-refractivity contribution in [3.63, 3.8) is 0 Å². The lowest BCUT2D eigenvalue weighted by Gasteiger charge is -2.19. The maximum atomic E-state index is 5.34. The third-order valence-corrected chi connectivity index (χ3v) is 8.58. The van der Waals surface area contributed by atoms with Crippen LogP contribution in [0.1, 0.15) is 26.3 Å². The molecule has 0 unspecified atom stereocenters. The van der Waals surface area contributed by atoms with Crippen LogP contribution in [0.3, 0.4) is 0 Å². The van der Waals surface area contributed by atoms with Gasteiger partial charge >= 0.3 is 0 Å². The van der Waals surface area contributed by atoms with Gasteiger partial charge in [-0.1, -0.05) is 136 Å². The maximum Gasteiger partial charge on any atom is 0.235 e. The third-order valence-electron chi connectivity index (χ3n) is 8.58. The molecule has 6 aromatic carbocycles. The predicted molar refractivity (Wildman–Crippen MR) is 181 cm³/mol. The van der Waals surface area contributed by atoms with Crippen molar-refractivity contribution in [2.45, 2.75) is 26.2 Å². The Hall–Kier alpha value is -5.28. The lowest BCUT2D eigenvalue weighted by atomic mass is 9.86. The number of hydrogen-bond acceptors (Lipinski definition) is 2. The van der Waals surface area contributed by atoms with Gasteiger partial charge in [0.15, 0.2) is 0 Å². The van der Waals surface area contributed by atoms with E-state index in [1.165, 1.54) is 38.2 Å². The summed E-state index contributed by atoms with van der Waals surface area (Å²) in [5.74, 6) is 0.675. The van der Waals surface area contributed by atoms with Gasteiger partial charge in [0.1, 0.15) is 0 Å². The fraction of sp³-hybridized carbons (Fsp3) is 0.100. The molecule has 3 heteroatoms. The van der Waals surface area contributed by atoms with Crippen LogP contribution in [-0.4, -0.2) is 14.5 Å². The first-order valence-electron chi connectivity index (χ1n) is 14.9. The fourth-order valence-electron chi connectivity index (χ4n) is 6.33. The molecule has 8 aromatic rings. The Kier molecular flexibility index (Phi) is 5.70. The van der Waals surface area contributed by atoms with Crippen LogP contribution in [0.2, 0.25) is 0 Å². The van der Waals surface area contributed by atoms with E-state index >= 15 is 0 Å². The highest BCUT2D eigenvalue weighted by Gasteiger charge is 2.20. The molecular weight excluding hydrogens is 522 g/mol. The minimum atomic E-state index is 0.0830. The molecule has 206 valence electrons. The lowest BCUT2D eigenvalue weighted by molar-refractivity contribution is 0.590. The first-order chi connectivity index (χ1) is 21.0. The van der Waals surface area contributed by atoms with Gasteiger partial charge in [-0.05, 0) is 51.1 Å². The predicted octanol–water partition coefficient (Wildman–Crippen LogP) is 10.5. The highest BCUT2D eigenvalue weighted by Crippen LogP contribution is 2.39. The molecule has 2 heterocycles. The Balaban J connectivity index is 1.46. The van der Waals surface area contributed by atoms with Gasteiger partial charge in [-0.2, -0.15) is 0 Å². The second-order valence-corrected chi connectivity index (χ2v) is 12.3. The van der Waals surface area contributed by atoms with Crippen LogP contribution in [0, 0.1) is 0 Å². The van der Waals surface area contributed by atoms with E-state index in [4.69, 9.17) is 9.97 Å². The van der Waals surface area contributed by atoms with Crippen LogP contribution in [0.5, 0.6) is 0 Å². The molecule has 43 heavy (non-hydrogen) atoms. The van der Waals surface area contributed by atoms with E-state index in [1.807, 2.05) is 0 Å². The highest BCUT2D eigenvalue weighted by atomic mass is 15.2. The van der Waals surface area contributed by atoms with E-state index < -0.39 is 0 Å². The number of hydrogen-bond donors (Lipinski definition) is 0. The Morgan fingerprint density at radius 2 is 1.21 bits per heavy atom. The number of para-hydroxylation sites is 1. The van der Waals surface area contributed by atoms with Crippen molar-refractivity contribution in [3.05, 3.63) is 139 Å². The van der Waals surface area contributed by atoms with E-state index in [2.05, 4.69) is 159 Å². The van der Waals surface area contributed by atoms with Gasteiger partial charge in [0.25, 0.3) is 0 Å². The van der Waals surface area contributed by atoms with Crippen molar-refractivity contribution in [3.8, 4) is 28.3 Å². The van der Waals surface area contributed by atoms with Gasteiger partial charge in [0.2, 0.25) is 5.95 Å². The lowest BCUT2D eigenvalue weighted by Crippen LogP contribution is -2.10. The minimum absolute atomic E-state index is 0.0830. The van der Waals surface area contributed by atoms with Gasteiger partial charge in [-0.15, -0.1) is 0 Å². The molecule has 0 spiro atoms. The monoisotopic (exact) mass is 553 g/mol. The Morgan fingerprint density at radius 3 is 2.00 bits per heavy atom. The molecule has 0 bridgehead atoms. The van der Waals surface area contributed by atoms with Crippen molar-refractivity contribution >= 4 is 43.5 Å². The molecule has 0 aliphatic heterocycles. The normalized spacial score (nSPS) is 12.1. The summed E-state index contributed by atoms with van der Waals surface area (Å²) in [5.41, 5.74) is 8.89. The molecule has 0 fully saturated rings. The summed E-state index contributed by atoms with van der Waals surface area (Å²) >= 11 is 0. The number of nitrogens with zero attached hydrogens (tertiary/aromatic N) is 3. The molecule has 2 aromatic heterocycles. The van der Waals surface area contributed by atoms with Crippen LogP contribution in [0.15, 0.2) is 133 Å². The Bertz CT molecular complexity index is 2300. The van der Waals surface area contributed by atoms with E-state index in [9.17, 15) is 0 Å². The molecule has 8 rings (SSSR count). The van der Waals surface area contributed by atoms with Crippen molar-refractivity contribution in [2.24, 2.45) is 0 Å². The molecule has 0 saturated carbocycles. The molecule has 0 aliphatic carbocycles. The second kappa shape index (κ2) is 9.64. The van der Waals surface area contributed by atoms with E-state index in [0.717, 1.165) is 33.2 Å². The summed E-state index contributed by atoms with van der Waals surface area (Å²) in [6, 6.07) is 47.6. The first kappa shape index (κ1) is 25.4. The zero-order chi connectivity index (χ0) is 29.1. The second-order valence-electron chi connectivity index (χ2n) is 12.3. The van der Waals surface area contributed by atoms with E-state index in [0.29, 0.717) is 5.95 Å². The first-order valence-corrected chi connectivity index (χ1v) is 14.9. The zero-order valence-corrected chi connectivity index (χ0v) is 24.5. The smallest absolute Gasteiger partial charge is 0.235 e. The van der Waals surface area contributed by atoms with Crippen molar-refractivity contribution in [2.75, 3.05) is 0 Å².